The molecule has 1 aliphatic carbocycles. The predicted octanol–water partition coefficient (Wildman–Crippen LogP) is 11.1. The lowest BCUT2D eigenvalue weighted by atomic mass is 9.77. The number of hydrogen-bond acceptors (Lipinski definition) is 3. The van der Waals surface area contributed by atoms with Gasteiger partial charge in [0.1, 0.15) is 28.8 Å². The average molecular weight is 661 g/mol. The molecule has 0 aliphatic heterocycles. The summed E-state index contributed by atoms with van der Waals surface area (Å²) in [5, 5.41) is 0. The molecule has 5 rings (SSSR count). The van der Waals surface area contributed by atoms with E-state index in [1.807, 2.05) is 0 Å². The molecule has 0 amide bonds. The molecule has 0 bridgehead atoms. The molecule has 1 fully saturated rings. The number of aromatic nitrogens is 2. The molecule has 1 aliphatic rings. The molecule has 0 radical (unpaired) electrons. The van der Waals surface area contributed by atoms with Gasteiger partial charge in [0.15, 0.2) is 23.3 Å². The van der Waals surface area contributed by atoms with E-state index in [2.05, 4.69) is 21.6 Å². The van der Waals surface area contributed by atoms with Gasteiger partial charge in [0.25, 0.3) is 0 Å². The van der Waals surface area contributed by atoms with Crippen LogP contribution in [0, 0.1) is 40.8 Å². The lowest BCUT2D eigenvalue weighted by Gasteiger charge is -2.28. The van der Waals surface area contributed by atoms with Crippen molar-refractivity contribution in [3.8, 4) is 17.1 Å². The molecule has 1 aromatic heterocycles. The number of rotatable bonds is 11. The largest absolute Gasteiger partial charge is 0.432 e. The van der Waals surface area contributed by atoms with Crippen molar-refractivity contribution in [1.82, 2.24) is 9.97 Å². The Morgan fingerprint density at radius 2 is 1.40 bits per heavy atom. The zero-order valence-electron chi connectivity index (χ0n) is 25.5. The molecule has 0 spiro atoms. The van der Waals surface area contributed by atoms with Crippen LogP contribution in [0.2, 0.25) is 0 Å². The maximum Gasteiger partial charge on any atom is 0.432 e. The molecule has 0 atom stereocenters. The van der Waals surface area contributed by atoms with Gasteiger partial charge in [-0.15, -0.1) is 0 Å². The van der Waals surface area contributed by atoms with E-state index in [-0.39, 0.29) is 23.3 Å². The molecule has 47 heavy (non-hydrogen) atoms. The third-order valence-corrected chi connectivity index (χ3v) is 8.48. The Labute approximate surface area is 267 Å². The van der Waals surface area contributed by atoms with Crippen LogP contribution in [-0.2, 0) is 6.11 Å². The smallest absolute Gasteiger partial charge is 0.429 e. The van der Waals surface area contributed by atoms with Crippen LogP contribution >= 0.6 is 0 Å². The number of alkyl halides is 2. The van der Waals surface area contributed by atoms with Gasteiger partial charge in [0, 0.05) is 35.7 Å². The summed E-state index contributed by atoms with van der Waals surface area (Å²) in [6.45, 7) is 2.21. The minimum atomic E-state index is -4.72. The molecule has 0 saturated heterocycles. The first-order valence-corrected chi connectivity index (χ1v) is 15.5. The van der Waals surface area contributed by atoms with Gasteiger partial charge in [0.05, 0.1) is 0 Å². The minimum absolute atomic E-state index is 0.0417. The van der Waals surface area contributed by atoms with Gasteiger partial charge >= 0.3 is 6.11 Å². The zero-order chi connectivity index (χ0) is 33.7. The maximum absolute atomic E-state index is 15.0. The van der Waals surface area contributed by atoms with Crippen molar-refractivity contribution in [2.45, 2.75) is 70.3 Å². The highest BCUT2D eigenvalue weighted by molar-refractivity contribution is 5.71. The predicted molar refractivity (Wildman–Crippen MR) is 162 cm³/mol. The van der Waals surface area contributed by atoms with Gasteiger partial charge in [-0.2, -0.15) is 8.78 Å². The number of benzene rings is 3. The Kier molecular flexibility index (Phi) is 10.6. The number of nitrogens with zero attached hydrogens (tertiary/aromatic N) is 2. The molecule has 3 nitrogen and oxygen atoms in total. The van der Waals surface area contributed by atoms with Crippen LogP contribution in [0.5, 0.6) is 5.75 Å². The summed E-state index contributed by atoms with van der Waals surface area (Å²) in [5.74, 6) is -9.41. The van der Waals surface area contributed by atoms with E-state index >= 15 is 0 Å². The first kappa shape index (κ1) is 34.1. The second-order valence-corrected chi connectivity index (χ2v) is 11.8. The maximum atomic E-state index is 15.0. The molecule has 248 valence electrons. The molecular weight excluding hydrogens is 628 g/mol. The molecule has 11 heteroatoms. The van der Waals surface area contributed by atoms with E-state index in [0.29, 0.717) is 29.4 Å². The number of ether oxygens (including phenoxy) is 1. The van der Waals surface area contributed by atoms with E-state index in [1.165, 1.54) is 56.7 Å². The average Bonchev–Trinajstić information content (AvgIpc) is 3.03. The zero-order valence-corrected chi connectivity index (χ0v) is 25.5. The van der Waals surface area contributed by atoms with Gasteiger partial charge in [-0.1, -0.05) is 56.9 Å². The lowest BCUT2D eigenvalue weighted by molar-refractivity contribution is -0.189. The van der Waals surface area contributed by atoms with Crippen LogP contribution in [0.25, 0.3) is 23.5 Å². The summed E-state index contributed by atoms with van der Waals surface area (Å²) >= 11 is 0. The van der Waals surface area contributed by atoms with Gasteiger partial charge in [-0.25, -0.2) is 36.3 Å². The van der Waals surface area contributed by atoms with Crippen molar-refractivity contribution in [3.63, 3.8) is 0 Å². The molecule has 0 N–H and O–H groups in total. The standard InChI is InChI=1S/C36H32F8N2O/c1-2-3-4-5-21-6-9-23(10-7-21)26-19-45-35(46-20-26)25-13-12-24(28(37)16-25)11-8-22-14-29(38)33(30(39)15-22)36(43,44)47-27-17-31(40)34(42)32(41)18-27/h8,11-21,23H,2-7,9-10H2,1H3/b11-8+. The molecule has 3 aromatic carbocycles. The first-order valence-electron chi connectivity index (χ1n) is 15.5. The quantitative estimate of drug-likeness (QED) is 0.0695. The highest BCUT2D eigenvalue weighted by Gasteiger charge is 2.41. The van der Waals surface area contributed by atoms with Crippen LogP contribution in [-0.4, -0.2) is 9.97 Å². The Balaban J connectivity index is 1.24. The van der Waals surface area contributed by atoms with Crippen LogP contribution in [0.4, 0.5) is 35.1 Å². The number of hydrogen-bond donors (Lipinski definition) is 0. The fourth-order valence-electron chi connectivity index (χ4n) is 5.91. The Hall–Kier alpha value is -4.28. The van der Waals surface area contributed by atoms with Gasteiger partial charge in [0.2, 0.25) is 0 Å². The van der Waals surface area contributed by atoms with Crippen LogP contribution < -0.4 is 4.74 Å². The third kappa shape index (κ3) is 8.18. The van der Waals surface area contributed by atoms with Crippen LogP contribution in [0.3, 0.4) is 0 Å². The summed E-state index contributed by atoms with van der Waals surface area (Å²) in [6, 6.07) is 5.56. The van der Waals surface area contributed by atoms with Gasteiger partial charge < -0.3 is 4.74 Å². The molecule has 0 unspecified atom stereocenters. The second-order valence-electron chi connectivity index (χ2n) is 11.8. The summed E-state index contributed by atoms with van der Waals surface area (Å²) in [5.41, 5.74) is -0.531. The fourth-order valence-corrected chi connectivity index (χ4v) is 5.91. The Bertz CT molecular complexity index is 1690. The van der Waals surface area contributed by atoms with E-state index in [4.69, 9.17) is 0 Å². The topological polar surface area (TPSA) is 35.0 Å². The van der Waals surface area contributed by atoms with E-state index < -0.39 is 52.3 Å². The SMILES string of the molecule is CCCCCC1CCC(c2cnc(-c3ccc(/C=C/c4cc(F)c(C(F)(F)Oc5cc(F)c(F)c(F)c5)c(F)c4)c(F)c3)nc2)CC1. The summed E-state index contributed by atoms with van der Waals surface area (Å²) in [4.78, 5) is 8.90. The summed E-state index contributed by atoms with van der Waals surface area (Å²) in [7, 11) is 0. The number of unbranched alkanes of at least 4 members (excludes halogenated alkanes) is 2. The highest BCUT2D eigenvalue weighted by atomic mass is 19.3. The Morgan fingerprint density at radius 3 is 2.00 bits per heavy atom. The van der Waals surface area contributed by atoms with Crippen LogP contribution in [0.15, 0.2) is 54.9 Å². The van der Waals surface area contributed by atoms with E-state index in [1.54, 1.807) is 18.5 Å². The van der Waals surface area contributed by atoms with Crippen molar-refractivity contribution < 1.29 is 39.9 Å². The van der Waals surface area contributed by atoms with Crippen molar-refractivity contribution in [3.05, 3.63) is 112 Å². The lowest BCUT2D eigenvalue weighted by Crippen LogP contribution is -2.25. The monoisotopic (exact) mass is 660 g/mol. The van der Waals surface area contributed by atoms with Gasteiger partial charge in [-0.3, -0.25) is 0 Å². The Morgan fingerprint density at radius 1 is 0.766 bits per heavy atom. The third-order valence-electron chi connectivity index (χ3n) is 8.48. The molecule has 1 heterocycles. The van der Waals surface area contributed by atoms with Crippen molar-refractivity contribution in [1.29, 1.82) is 0 Å². The molecular formula is C36H32F8N2O. The van der Waals surface area contributed by atoms with E-state index in [0.717, 1.165) is 30.4 Å². The van der Waals surface area contributed by atoms with Gasteiger partial charge in [-0.05, 0) is 66.8 Å². The summed E-state index contributed by atoms with van der Waals surface area (Å²) < 4.78 is 118. The molecule has 4 aromatic rings. The normalized spacial score (nSPS) is 17.0. The second kappa shape index (κ2) is 14.6. The van der Waals surface area contributed by atoms with Crippen molar-refractivity contribution >= 4 is 12.2 Å². The number of halogens is 8. The van der Waals surface area contributed by atoms with E-state index in [9.17, 15) is 35.1 Å². The van der Waals surface area contributed by atoms with Crippen molar-refractivity contribution in [2.24, 2.45) is 5.92 Å². The summed E-state index contributed by atoms with van der Waals surface area (Å²) in [6.07, 6.45) is 10.8. The first-order chi connectivity index (χ1) is 22.4. The minimum Gasteiger partial charge on any atom is -0.429 e. The van der Waals surface area contributed by atoms with Crippen LogP contribution in [0.1, 0.15) is 86.5 Å². The fraction of sp³-hybridized carbons (Fsp3) is 0.333. The molecule has 1 saturated carbocycles. The highest BCUT2D eigenvalue weighted by Crippen LogP contribution is 2.38. The van der Waals surface area contributed by atoms with Crippen molar-refractivity contribution in [2.75, 3.05) is 0 Å².